The molecule has 1 aromatic rings. The number of hydrogen-bond acceptors (Lipinski definition) is 4. The first kappa shape index (κ1) is 17.1. The van der Waals surface area contributed by atoms with Crippen molar-refractivity contribution in [1.29, 1.82) is 0 Å². The van der Waals surface area contributed by atoms with Crippen molar-refractivity contribution in [1.82, 2.24) is 5.32 Å². The Hall–Kier alpha value is -0.980. The van der Waals surface area contributed by atoms with Crippen LogP contribution >= 0.6 is 15.9 Å². The zero-order valence-electron chi connectivity index (χ0n) is 11.8. The van der Waals surface area contributed by atoms with Gasteiger partial charge in [0.1, 0.15) is 0 Å². The number of aliphatic hydroxyl groups excluding tert-OH is 1. The van der Waals surface area contributed by atoms with E-state index in [1.165, 1.54) is 12.1 Å². The van der Waals surface area contributed by atoms with Crippen molar-refractivity contribution < 1.29 is 10.0 Å². The molecule has 0 aliphatic carbocycles. The van der Waals surface area contributed by atoms with Gasteiger partial charge in [0, 0.05) is 29.7 Å². The van der Waals surface area contributed by atoms with Gasteiger partial charge in [0.25, 0.3) is 5.69 Å². The average Bonchev–Trinajstić information content (AvgIpc) is 2.41. The van der Waals surface area contributed by atoms with Gasteiger partial charge in [-0.25, -0.2) is 0 Å². The molecule has 0 amide bonds. The summed E-state index contributed by atoms with van der Waals surface area (Å²) in [7, 11) is 0. The van der Waals surface area contributed by atoms with Gasteiger partial charge >= 0.3 is 0 Å². The molecule has 0 saturated heterocycles. The van der Waals surface area contributed by atoms with Crippen LogP contribution in [0.4, 0.5) is 5.69 Å². The Morgan fingerprint density at radius 1 is 1.40 bits per heavy atom. The van der Waals surface area contributed by atoms with Crippen LogP contribution in [0.3, 0.4) is 0 Å². The third-order valence-corrected chi connectivity index (χ3v) is 4.25. The minimum absolute atomic E-state index is 0.0673. The molecule has 0 bridgehead atoms. The van der Waals surface area contributed by atoms with E-state index in [0.717, 1.165) is 18.4 Å². The molecule has 1 rings (SSSR count). The van der Waals surface area contributed by atoms with Gasteiger partial charge < -0.3 is 10.4 Å². The van der Waals surface area contributed by atoms with Gasteiger partial charge in [-0.1, -0.05) is 42.6 Å². The Morgan fingerprint density at radius 3 is 2.55 bits per heavy atom. The topological polar surface area (TPSA) is 75.4 Å². The Bertz CT molecular complexity index is 450. The van der Waals surface area contributed by atoms with Crippen LogP contribution in [-0.2, 0) is 6.54 Å². The van der Waals surface area contributed by atoms with Crippen LogP contribution < -0.4 is 5.32 Å². The number of aliphatic hydroxyl groups is 1. The number of nitro benzene ring substituents is 1. The zero-order valence-corrected chi connectivity index (χ0v) is 13.4. The second-order valence-electron chi connectivity index (χ2n) is 4.81. The Morgan fingerprint density at radius 2 is 2.05 bits per heavy atom. The average molecular weight is 345 g/mol. The van der Waals surface area contributed by atoms with Gasteiger partial charge in [-0.2, -0.15) is 0 Å². The van der Waals surface area contributed by atoms with Gasteiger partial charge in [0.15, 0.2) is 0 Å². The number of nitro groups is 1. The molecule has 1 atom stereocenters. The number of halogens is 1. The van der Waals surface area contributed by atoms with Crippen LogP contribution in [0.15, 0.2) is 22.7 Å². The third kappa shape index (κ3) is 4.85. The SMILES string of the molecule is CCC(CC)C(O)CNCc1ccc([N+](=O)[O-])cc1Br. The molecule has 1 unspecified atom stereocenters. The maximum Gasteiger partial charge on any atom is 0.270 e. The summed E-state index contributed by atoms with van der Waals surface area (Å²) < 4.78 is 0.705. The van der Waals surface area contributed by atoms with E-state index in [1.807, 2.05) is 0 Å². The Balaban J connectivity index is 2.52. The highest BCUT2D eigenvalue weighted by molar-refractivity contribution is 9.10. The number of nitrogens with zero attached hydrogens (tertiary/aromatic N) is 1. The molecule has 0 aliphatic heterocycles. The van der Waals surface area contributed by atoms with E-state index in [-0.39, 0.29) is 11.8 Å². The van der Waals surface area contributed by atoms with E-state index in [1.54, 1.807) is 6.07 Å². The van der Waals surface area contributed by atoms with E-state index in [9.17, 15) is 15.2 Å². The normalized spacial score (nSPS) is 12.7. The van der Waals surface area contributed by atoms with E-state index in [4.69, 9.17) is 0 Å². The Kier molecular flexibility index (Phi) is 7.12. The summed E-state index contributed by atoms with van der Waals surface area (Å²) in [6.45, 7) is 5.24. The molecule has 0 saturated carbocycles. The maximum absolute atomic E-state index is 10.6. The zero-order chi connectivity index (χ0) is 15.1. The summed E-state index contributed by atoms with van der Waals surface area (Å²) in [5.74, 6) is 0.308. The molecule has 0 aliphatic rings. The van der Waals surface area contributed by atoms with Crippen molar-refractivity contribution >= 4 is 21.6 Å². The molecule has 6 heteroatoms. The van der Waals surface area contributed by atoms with Gasteiger partial charge in [0.2, 0.25) is 0 Å². The maximum atomic E-state index is 10.6. The first-order valence-electron chi connectivity index (χ1n) is 6.81. The predicted molar refractivity (Wildman–Crippen MR) is 82.6 cm³/mol. The number of rotatable bonds is 8. The molecule has 0 heterocycles. The van der Waals surface area contributed by atoms with Crippen molar-refractivity contribution in [3.05, 3.63) is 38.3 Å². The molecular weight excluding hydrogens is 324 g/mol. The number of non-ortho nitro benzene ring substituents is 1. The number of hydrogen-bond donors (Lipinski definition) is 2. The highest BCUT2D eigenvalue weighted by atomic mass is 79.9. The third-order valence-electron chi connectivity index (χ3n) is 3.51. The molecule has 0 spiro atoms. The second-order valence-corrected chi connectivity index (χ2v) is 5.66. The largest absolute Gasteiger partial charge is 0.392 e. The van der Waals surface area contributed by atoms with E-state index < -0.39 is 4.92 Å². The van der Waals surface area contributed by atoms with Crippen molar-refractivity contribution in [2.45, 2.75) is 39.3 Å². The standard InChI is InChI=1S/C14H21BrN2O3/c1-3-10(4-2)14(18)9-16-8-11-5-6-12(17(19)20)7-13(11)15/h5-7,10,14,16,18H,3-4,8-9H2,1-2H3. The molecular formula is C14H21BrN2O3. The molecule has 20 heavy (non-hydrogen) atoms. The second kappa shape index (κ2) is 8.34. The van der Waals surface area contributed by atoms with Gasteiger partial charge in [0.05, 0.1) is 11.0 Å². The van der Waals surface area contributed by atoms with Crippen molar-refractivity contribution in [2.24, 2.45) is 5.92 Å². The molecule has 2 N–H and O–H groups in total. The van der Waals surface area contributed by atoms with Crippen molar-refractivity contribution in [3.8, 4) is 0 Å². The minimum atomic E-state index is -0.418. The van der Waals surface area contributed by atoms with Crippen LogP contribution in [0.5, 0.6) is 0 Å². The monoisotopic (exact) mass is 344 g/mol. The highest BCUT2D eigenvalue weighted by Crippen LogP contribution is 2.23. The Labute approximate surface area is 127 Å². The number of benzene rings is 1. The fourth-order valence-corrected chi connectivity index (χ4v) is 2.65. The number of nitrogens with one attached hydrogen (secondary N) is 1. The molecule has 0 fully saturated rings. The summed E-state index contributed by atoms with van der Waals surface area (Å²) in [6, 6.07) is 4.70. The molecule has 112 valence electrons. The molecule has 1 aromatic carbocycles. The fourth-order valence-electron chi connectivity index (χ4n) is 2.15. The van der Waals surface area contributed by atoms with Gasteiger partial charge in [-0.05, 0) is 17.5 Å². The predicted octanol–water partition coefficient (Wildman–Crippen LogP) is 3.24. The van der Waals surface area contributed by atoms with E-state index in [0.29, 0.717) is 23.5 Å². The summed E-state index contributed by atoms with van der Waals surface area (Å²) in [4.78, 5) is 10.2. The molecule has 0 radical (unpaired) electrons. The van der Waals surface area contributed by atoms with Crippen LogP contribution in [0.1, 0.15) is 32.3 Å². The van der Waals surface area contributed by atoms with Crippen molar-refractivity contribution in [3.63, 3.8) is 0 Å². The fraction of sp³-hybridized carbons (Fsp3) is 0.571. The summed E-state index contributed by atoms with van der Waals surface area (Å²) in [5.41, 5.74) is 1.00. The summed E-state index contributed by atoms with van der Waals surface area (Å²) >= 11 is 3.33. The van der Waals surface area contributed by atoms with Gasteiger partial charge in [-0.15, -0.1) is 0 Å². The quantitative estimate of drug-likeness (QED) is 0.560. The van der Waals surface area contributed by atoms with Crippen LogP contribution in [-0.4, -0.2) is 22.7 Å². The van der Waals surface area contributed by atoms with Crippen LogP contribution in [0.25, 0.3) is 0 Å². The lowest BCUT2D eigenvalue weighted by Crippen LogP contribution is -2.32. The highest BCUT2D eigenvalue weighted by Gasteiger charge is 2.15. The summed E-state index contributed by atoms with van der Waals surface area (Å²) in [6.07, 6.45) is 1.56. The minimum Gasteiger partial charge on any atom is -0.392 e. The first-order chi connectivity index (χ1) is 9.49. The van der Waals surface area contributed by atoms with E-state index in [2.05, 4.69) is 35.1 Å². The van der Waals surface area contributed by atoms with Crippen molar-refractivity contribution in [2.75, 3.05) is 6.54 Å². The van der Waals surface area contributed by atoms with Crippen LogP contribution in [0.2, 0.25) is 0 Å². The lowest BCUT2D eigenvalue weighted by Gasteiger charge is -2.20. The summed E-state index contributed by atoms with van der Waals surface area (Å²) in [5, 5.41) is 23.8. The molecule has 5 nitrogen and oxygen atoms in total. The molecule has 0 aromatic heterocycles. The lowest BCUT2D eigenvalue weighted by atomic mass is 9.96. The van der Waals surface area contributed by atoms with E-state index >= 15 is 0 Å². The smallest absolute Gasteiger partial charge is 0.270 e. The lowest BCUT2D eigenvalue weighted by molar-refractivity contribution is -0.384. The van der Waals surface area contributed by atoms with Crippen LogP contribution in [0, 0.1) is 16.0 Å². The first-order valence-corrected chi connectivity index (χ1v) is 7.60. The van der Waals surface area contributed by atoms with Gasteiger partial charge in [-0.3, -0.25) is 10.1 Å².